The lowest BCUT2D eigenvalue weighted by Gasteiger charge is -2.14. The predicted octanol–water partition coefficient (Wildman–Crippen LogP) is 5.14. The van der Waals surface area contributed by atoms with Gasteiger partial charge in [0.25, 0.3) is 5.91 Å². The summed E-state index contributed by atoms with van der Waals surface area (Å²) in [4.78, 5) is 23.6. The molecule has 0 atom stereocenters. The molecule has 0 aliphatic rings. The molecule has 3 aromatic rings. The molecule has 132 valence electrons. The van der Waals surface area contributed by atoms with Crippen LogP contribution < -0.4 is 5.32 Å². The van der Waals surface area contributed by atoms with Gasteiger partial charge in [0.1, 0.15) is 5.76 Å². The molecule has 26 heavy (non-hydrogen) atoms. The van der Waals surface area contributed by atoms with Crippen molar-refractivity contribution in [2.45, 2.75) is 26.7 Å². The minimum atomic E-state index is -0.162. The highest BCUT2D eigenvalue weighted by molar-refractivity contribution is 6.05. The second-order valence-corrected chi connectivity index (χ2v) is 6.01. The zero-order valence-corrected chi connectivity index (χ0v) is 14.9. The Labute approximate surface area is 152 Å². The van der Waals surface area contributed by atoms with Gasteiger partial charge in [0, 0.05) is 16.8 Å². The van der Waals surface area contributed by atoms with Crippen molar-refractivity contribution >= 4 is 17.9 Å². The summed E-state index contributed by atoms with van der Waals surface area (Å²) in [5, 5.41) is 3.07. The maximum atomic E-state index is 12.8. The minimum Gasteiger partial charge on any atom is -0.453 e. The molecule has 1 aromatic heterocycles. The molecule has 1 N–H and O–H groups in total. The Morgan fingerprint density at radius 3 is 2.31 bits per heavy atom. The van der Waals surface area contributed by atoms with Crippen molar-refractivity contribution in [1.29, 1.82) is 0 Å². The van der Waals surface area contributed by atoms with Crippen molar-refractivity contribution in [1.82, 2.24) is 0 Å². The number of aryl methyl sites for hydroxylation is 2. The largest absolute Gasteiger partial charge is 0.453 e. The van der Waals surface area contributed by atoms with Gasteiger partial charge in [0.15, 0.2) is 12.0 Å². The maximum absolute atomic E-state index is 12.8. The molecule has 0 aliphatic carbocycles. The first-order chi connectivity index (χ1) is 12.7. The van der Waals surface area contributed by atoms with Crippen LogP contribution in [0.15, 0.2) is 59.0 Å². The summed E-state index contributed by atoms with van der Waals surface area (Å²) < 4.78 is 5.45. The number of furan rings is 1. The van der Waals surface area contributed by atoms with Crippen LogP contribution in [-0.4, -0.2) is 12.2 Å². The molecule has 0 unspecified atom stereocenters. The second kappa shape index (κ2) is 7.83. The molecular weight excluding hydrogens is 326 g/mol. The predicted molar refractivity (Wildman–Crippen MR) is 103 cm³/mol. The van der Waals surface area contributed by atoms with Crippen molar-refractivity contribution in [3.05, 3.63) is 77.0 Å². The number of benzene rings is 2. The van der Waals surface area contributed by atoms with Crippen LogP contribution in [0, 0.1) is 0 Å². The fourth-order valence-electron chi connectivity index (χ4n) is 2.97. The van der Waals surface area contributed by atoms with E-state index in [0.717, 1.165) is 35.2 Å². The number of aldehydes is 1. The number of nitrogens with one attached hydrogen (secondary N) is 1. The lowest BCUT2D eigenvalue weighted by atomic mass is 10.0. The Hall–Kier alpha value is -3.14. The number of rotatable bonds is 6. The maximum Gasteiger partial charge on any atom is 0.255 e. The van der Waals surface area contributed by atoms with Crippen LogP contribution in [0.1, 0.15) is 45.9 Å². The van der Waals surface area contributed by atoms with Crippen LogP contribution in [-0.2, 0) is 12.8 Å². The first-order valence-electron chi connectivity index (χ1n) is 8.73. The standard InChI is InChI=1S/C22H21NO3/c1-3-15-7-5-8-16(4-2)21(15)23-22(25)18-10-6-9-17(13-18)20-12-11-19(14-24)26-20/h5-14H,3-4H2,1-2H3,(H,23,25). The highest BCUT2D eigenvalue weighted by atomic mass is 16.3. The monoisotopic (exact) mass is 347 g/mol. The molecule has 4 nitrogen and oxygen atoms in total. The molecule has 4 heteroatoms. The molecule has 3 rings (SSSR count). The van der Waals surface area contributed by atoms with E-state index in [0.29, 0.717) is 17.6 Å². The Morgan fingerprint density at radius 2 is 1.69 bits per heavy atom. The van der Waals surface area contributed by atoms with Gasteiger partial charge in [-0.05, 0) is 48.2 Å². The normalized spacial score (nSPS) is 10.5. The zero-order valence-electron chi connectivity index (χ0n) is 14.9. The van der Waals surface area contributed by atoms with Crippen molar-refractivity contribution in [3.63, 3.8) is 0 Å². The highest BCUT2D eigenvalue weighted by Gasteiger charge is 2.13. The SMILES string of the molecule is CCc1cccc(CC)c1NC(=O)c1cccc(-c2ccc(C=O)o2)c1. The smallest absolute Gasteiger partial charge is 0.255 e. The number of hydrogen-bond acceptors (Lipinski definition) is 3. The molecule has 0 radical (unpaired) electrons. The van der Waals surface area contributed by atoms with Gasteiger partial charge in [0.2, 0.25) is 0 Å². The number of anilines is 1. The fraction of sp³-hybridized carbons (Fsp3) is 0.182. The van der Waals surface area contributed by atoms with Crippen LogP contribution in [0.25, 0.3) is 11.3 Å². The van der Waals surface area contributed by atoms with Gasteiger partial charge in [-0.1, -0.05) is 44.2 Å². The van der Waals surface area contributed by atoms with E-state index >= 15 is 0 Å². The van der Waals surface area contributed by atoms with E-state index in [9.17, 15) is 9.59 Å². The quantitative estimate of drug-likeness (QED) is 0.628. The molecule has 2 aromatic carbocycles. The van der Waals surface area contributed by atoms with Crippen LogP contribution in [0.2, 0.25) is 0 Å². The molecule has 0 bridgehead atoms. The van der Waals surface area contributed by atoms with E-state index in [4.69, 9.17) is 4.42 Å². The van der Waals surface area contributed by atoms with Gasteiger partial charge in [-0.2, -0.15) is 0 Å². The Morgan fingerprint density at radius 1 is 1.00 bits per heavy atom. The summed E-state index contributed by atoms with van der Waals surface area (Å²) in [6, 6.07) is 16.6. The van der Waals surface area contributed by atoms with E-state index in [-0.39, 0.29) is 11.7 Å². The molecule has 0 fully saturated rings. The molecule has 0 saturated carbocycles. The number of carbonyl (C=O) groups excluding carboxylic acids is 2. The van der Waals surface area contributed by atoms with E-state index in [1.165, 1.54) is 0 Å². The first kappa shape index (κ1) is 17.7. The summed E-state index contributed by atoms with van der Waals surface area (Å²) in [5.41, 5.74) is 4.44. The van der Waals surface area contributed by atoms with Gasteiger partial charge in [0.05, 0.1) is 0 Å². The van der Waals surface area contributed by atoms with Crippen molar-refractivity contribution in [3.8, 4) is 11.3 Å². The second-order valence-electron chi connectivity index (χ2n) is 6.01. The van der Waals surface area contributed by atoms with Crippen molar-refractivity contribution in [2.24, 2.45) is 0 Å². The molecule has 0 saturated heterocycles. The number of amides is 1. The first-order valence-corrected chi connectivity index (χ1v) is 8.73. The fourth-order valence-corrected chi connectivity index (χ4v) is 2.97. The highest BCUT2D eigenvalue weighted by Crippen LogP contribution is 2.25. The van der Waals surface area contributed by atoms with Gasteiger partial charge in [-0.15, -0.1) is 0 Å². The molecular formula is C22H21NO3. The number of hydrogen-bond donors (Lipinski definition) is 1. The third-order valence-electron chi connectivity index (χ3n) is 4.39. The van der Waals surface area contributed by atoms with Gasteiger partial charge in [-0.3, -0.25) is 9.59 Å². The van der Waals surface area contributed by atoms with E-state index in [1.807, 2.05) is 24.3 Å². The summed E-state index contributed by atoms with van der Waals surface area (Å²) in [7, 11) is 0. The minimum absolute atomic E-state index is 0.162. The lowest BCUT2D eigenvalue weighted by molar-refractivity contribution is 0.102. The average molecular weight is 347 g/mol. The lowest BCUT2D eigenvalue weighted by Crippen LogP contribution is -2.15. The third-order valence-corrected chi connectivity index (χ3v) is 4.39. The summed E-state index contributed by atoms with van der Waals surface area (Å²) >= 11 is 0. The van der Waals surface area contributed by atoms with Crippen LogP contribution in [0.4, 0.5) is 5.69 Å². The summed E-state index contributed by atoms with van der Waals surface area (Å²) in [5.74, 6) is 0.661. The van der Waals surface area contributed by atoms with E-state index in [2.05, 4.69) is 19.2 Å². The van der Waals surface area contributed by atoms with Gasteiger partial charge in [-0.25, -0.2) is 0 Å². The summed E-state index contributed by atoms with van der Waals surface area (Å²) in [6.07, 6.45) is 2.36. The van der Waals surface area contributed by atoms with Gasteiger partial charge < -0.3 is 9.73 Å². The summed E-state index contributed by atoms with van der Waals surface area (Å²) in [6.45, 7) is 4.15. The molecule has 1 amide bonds. The van der Waals surface area contributed by atoms with E-state index in [1.54, 1.807) is 30.3 Å². The Kier molecular flexibility index (Phi) is 5.32. The van der Waals surface area contributed by atoms with Crippen LogP contribution in [0.3, 0.4) is 0 Å². The molecule has 0 aliphatic heterocycles. The Bertz CT molecular complexity index is 918. The number of carbonyl (C=O) groups is 2. The third kappa shape index (κ3) is 3.59. The molecule has 0 spiro atoms. The van der Waals surface area contributed by atoms with Crippen LogP contribution >= 0.6 is 0 Å². The zero-order chi connectivity index (χ0) is 18.5. The van der Waals surface area contributed by atoms with Crippen molar-refractivity contribution in [2.75, 3.05) is 5.32 Å². The van der Waals surface area contributed by atoms with Gasteiger partial charge >= 0.3 is 0 Å². The average Bonchev–Trinajstić information content (AvgIpc) is 3.17. The van der Waals surface area contributed by atoms with E-state index < -0.39 is 0 Å². The number of para-hydroxylation sites is 1. The van der Waals surface area contributed by atoms with Crippen molar-refractivity contribution < 1.29 is 14.0 Å². The topological polar surface area (TPSA) is 59.3 Å². The Balaban J connectivity index is 1.90. The van der Waals surface area contributed by atoms with Crippen LogP contribution in [0.5, 0.6) is 0 Å². The molecule has 1 heterocycles.